The number of aromatic nitrogens is 4. The molecular weight excluding hydrogens is 363 g/mol. The summed E-state index contributed by atoms with van der Waals surface area (Å²) in [6, 6.07) is 11.9. The summed E-state index contributed by atoms with van der Waals surface area (Å²) < 4.78 is 16.9. The Bertz CT molecular complexity index is 1320. The number of rotatable bonds is 5. The third-order valence-electron chi connectivity index (χ3n) is 4.59. The minimum Gasteiger partial charge on any atom is -0.292 e. The van der Waals surface area contributed by atoms with Crippen LogP contribution >= 0.6 is 0 Å². The van der Waals surface area contributed by atoms with E-state index in [9.17, 15) is 18.8 Å². The summed E-state index contributed by atoms with van der Waals surface area (Å²) in [5.74, 6) is -0.627. The molecule has 0 aliphatic carbocycles. The first kappa shape index (κ1) is 17.8. The molecule has 0 amide bonds. The predicted molar refractivity (Wildman–Crippen MR) is 102 cm³/mol. The van der Waals surface area contributed by atoms with Gasteiger partial charge in [0.2, 0.25) is 5.78 Å². The summed E-state index contributed by atoms with van der Waals surface area (Å²) in [5, 5.41) is 4.67. The maximum absolute atomic E-state index is 13.1. The van der Waals surface area contributed by atoms with E-state index in [0.717, 1.165) is 4.68 Å². The van der Waals surface area contributed by atoms with Crippen molar-refractivity contribution in [2.75, 3.05) is 0 Å². The van der Waals surface area contributed by atoms with E-state index in [-0.39, 0.29) is 29.2 Å². The highest BCUT2D eigenvalue weighted by Gasteiger charge is 2.18. The van der Waals surface area contributed by atoms with Gasteiger partial charge in [0.1, 0.15) is 12.4 Å². The molecule has 0 fully saturated rings. The molecule has 0 aliphatic heterocycles. The standard InChI is InChI=1S/C20H17FN4O3/c1-2-11-23-18(27)15-5-3-4-6-16(15)25-19(23)22-24(20(25)28)12-17(26)13-7-9-14(21)10-8-13/h3-10H,2,11-12H2,1H3. The molecule has 4 aromatic rings. The van der Waals surface area contributed by atoms with Crippen molar-refractivity contribution in [2.24, 2.45) is 0 Å². The van der Waals surface area contributed by atoms with Crippen molar-refractivity contribution in [1.82, 2.24) is 18.7 Å². The predicted octanol–water partition coefficient (Wildman–Crippen LogP) is 2.24. The van der Waals surface area contributed by atoms with Gasteiger partial charge in [-0.1, -0.05) is 19.1 Å². The van der Waals surface area contributed by atoms with E-state index < -0.39 is 11.5 Å². The molecular formula is C20H17FN4O3. The van der Waals surface area contributed by atoms with Crippen LogP contribution in [0, 0.1) is 5.82 Å². The zero-order valence-corrected chi connectivity index (χ0v) is 15.1. The average molecular weight is 380 g/mol. The second-order valence-corrected chi connectivity index (χ2v) is 6.48. The highest BCUT2D eigenvalue weighted by atomic mass is 19.1. The van der Waals surface area contributed by atoms with Crippen LogP contribution in [0.15, 0.2) is 58.1 Å². The number of Topliss-reactive ketones (excluding diaryl/α,β-unsaturated/α-hetero) is 1. The molecule has 0 spiro atoms. The lowest BCUT2D eigenvalue weighted by molar-refractivity contribution is 0.0966. The van der Waals surface area contributed by atoms with Crippen LogP contribution in [0.1, 0.15) is 23.7 Å². The van der Waals surface area contributed by atoms with Crippen LogP contribution in [0.25, 0.3) is 16.7 Å². The van der Waals surface area contributed by atoms with Crippen LogP contribution in [-0.2, 0) is 13.1 Å². The van der Waals surface area contributed by atoms with Gasteiger partial charge in [0, 0.05) is 12.1 Å². The second-order valence-electron chi connectivity index (χ2n) is 6.48. The van der Waals surface area contributed by atoms with E-state index in [1.807, 2.05) is 6.92 Å². The summed E-state index contributed by atoms with van der Waals surface area (Å²) >= 11 is 0. The van der Waals surface area contributed by atoms with Crippen LogP contribution in [0.3, 0.4) is 0 Å². The molecule has 7 nitrogen and oxygen atoms in total. The topological polar surface area (TPSA) is 78.4 Å². The summed E-state index contributed by atoms with van der Waals surface area (Å²) in [4.78, 5) is 38.3. The number of ketones is 1. The summed E-state index contributed by atoms with van der Waals surface area (Å²) in [6.45, 7) is 2.02. The average Bonchev–Trinajstić information content (AvgIpc) is 3.02. The van der Waals surface area contributed by atoms with Gasteiger partial charge in [-0.25, -0.2) is 18.3 Å². The molecule has 0 aliphatic rings. The van der Waals surface area contributed by atoms with E-state index in [2.05, 4.69) is 5.10 Å². The number of halogens is 1. The van der Waals surface area contributed by atoms with Gasteiger partial charge in [-0.05, 0) is 42.8 Å². The molecule has 0 bridgehead atoms. The quantitative estimate of drug-likeness (QED) is 0.498. The SMILES string of the molecule is CCCn1c(=O)c2ccccc2n2c(=O)n(CC(=O)c3ccc(F)cc3)nc12. The van der Waals surface area contributed by atoms with Gasteiger partial charge in [-0.3, -0.25) is 14.2 Å². The second kappa shape index (κ2) is 6.88. The van der Waals surface area contributed by atoms with Crippen LogP contribution < -0.4 is 11.2 Å². The van der Waals surface area contributed by atoms with Gasteiger partial charge in [-0.15, -0.1) is 5.10 Å². The molecule has 2 aromatic heterocycles. The fraction of sp³-hybridized carbons (Fsp3) is 0.200. The van der Waals surface area contributed by atoms with Gasteiger partial charge in [0.15, 0.2) is 5.78 Å². The Balaban J connectivity index is 1.90. The number of hydrogen-bond donors (Lipinski definition) is 0. The van der Waals surface area contributed by atoms with Gasteiger partial charge in [0.05, 0.1) is 10.9 Å². The van der Waals surface area contributed by atoms with Gasteiger partial charge >= 0.3 is 5.69 Å². The van der Waals surface area contributed by atoms with Crippen molar-refractivity contribution < 1.29 is 9.18 Å². The molecule has 0 radical (unpaired) electrons. The number of para-hydroxylation sites is 1. The number of benzene rings is 2. The van der Waals surface area contributed by atoms with Crippen molar-refractivity contribution in [3.05, 3.63) is 80.7 Å². The van der Waals surface area contributed by atoms with Crippen molar-refractivity contribution >= 4 is 22.5 Å². The van der Waals surface area contributed by atoms with E-state index in [0.29, 0.717) is 23.9 Å². The number of fused-ring (bicyclic) bond motifs is 3. The minimum atomic E-state index is -0.508. The smallest absolute Gasteiger partial charge is 0.292 e. The normalized spacial score (nSPS) is 11.4. The zero-order valence-electron chi connectivity index (χ0n) is 15.1. The fourth-order valence-corrected chi connectivity index (χ4v) is 3.26. The Morgan fingerprint density at radius 1 is 1.07 bits per heavy atom. The summed E-state index contributed by atoms with van der Waals surface area (Å²) in [7, 11) is 0. The van der Waals surface area contributed by atoms with E-state index >= 15 is 0 Å². The molecule has 2 aromatic carbocycles. The Kier molecular flexibility index (Phi) is 4.38. The van der Waals surface area contributed by atoms with Gasteiger partial charge < -0.3 is 0 Å². The van der Waals surface area contributed by atoms with Crippen molar-refractivity contribution in [3.63, 3.8) is 0 Å². The summed E-state index contributed by atoms with van der Waals surface area (Å²) in [6.07, 6.45) is 0.684. The monoisotopic (exact) mass is 380 g/mol. The molecule has 142 valence electrons. The number of aryl methyl sites for hydroxylation is 1. The molecule has 0 atom stereocenters. The van der Waals surface area contributed by atoms with E-state index in [4.69, 9.17) is 0 Å². The summed E-state index contributed by atoms with van der Waals surface area (Å²) in [5.41, 5.74) is -0.0139. The first-order chi connectivity index (χ1) is 13.5. The van der Waals surface area contributed by atoms with Crippen LogP contribution in [0.4, 0.5) is 4.39 Å². The van der Waals surface area contributed by atoms with Crippen molar-refractivity contribution in [2.45, 2.75) is 26.4 Å². The molecule has 28 heavy (non-hydrogen) atoms. The molecule has 0 saturated carbocycles. The Hall–Kier alpha value is -3.55. The highest BCUT2D eigenvalue weighted by Crippen LogP contribution is 2.11. The van der Waals surface area contributed by atoms with Gasteiger partial charge in [-0.2, -0.15) is 0 Å². The van der Waals surface area contributed by atoms with Crippen LogP contribution in [0.5, 0.6) is 0 Å². The number of nitrogens with zero attached hydrogens (tertiary/aromatic N) is 4. The Labute approximate surface area is 158 Å². The number of carbonyl (C=O) groups is 1. The first-order valence-corrected chi connectivity index (χ1v) is 8.91. The molecule has 0 N–H and O–H groups in total. The molecule has 0 unspecified atom stereocenters. The minimum absolute atomic E-state index is 0.197. The van der Waals surface area contributed by atoms with E-state index in [1.165, 1.54) is 33.2 Å². The van der Waals surface area contributed by atoms with Crippen LogP contribution in [0.2, 0.25) is 0 Å². The molecule has 8 heteroatoms. The van der Waals surface area contributed by atoms with Crippen LogP contribution in [-0.4, -0.2) is 24.5 Å². The lowest BCUT2D eigenvalue weighted by atomic mass is 10.1. The number of carbonyl (C=O) groups excluding carboxylic acids is 1. The molecule has 2 heterocycles. The molecule has 4 rings (SSSR count). The lowest BCUT2D eigenvalue weighted by Gasteiger charge is -2.07. The Morgan fingerprint density at radius 2 is 1.79 bits per heavy atom. The third kappa shape index (κ3) is 2.83. The van der Waals surface area contributed by atoms with Crippen molar-refractivity contribution in [1.29, 1.82) is 0 Å². The van der Waals surface area contributed by atoms with E-state index in [1.54, 1.807) is 24.3 Å². The zero-order chi connectivity index (χ0) is 19.8. The number of hydrogen-bond acceptors (Lipinski definition) is 4. The van der Waals surface area contributed by atoms with Gasteiger partial charge in [0.25, 0.3) is 5.56 Å². The first-order valence-electron chi connectivity index (χ1n) is 8.91. The third-order valence-corrected chi connectivity index (χ3v) is 4.59. The maximum atomic E-state index is 13.1. The maximum Gasteiger partial charge on any atom is 0.352 e. The Morgan fingerprint density at radius 3 is 2.50 bits per heavy atom. The molecule has 0 saturated heterocycles. The fourth-order valence-electron chi connectivity index (χ4n) is 3.26. The largest absolute Gasteiger partial charge is 0.352 e. The highest BCUT2D eigenvalue weighted by molar-refractivity contribution is 5.95. The van der Waals surface area contributed by atoms with Crippen molar-refractivity contribution in [3.8, 4) is 0 Å². The lowest BCUT2D eigenvalue weighted by Crippen LogP contribution is -2.27.